The number of carbonyl (C=O) groups excluding carboxylic acids is 2. The zero-order chi connectivity index (χ0) is 13.8. The fraction of sp³-hybridized carbons (Fsp3) is 0.750. The van der Waals surface area contributed by atoms with E-state index >= 15 is 0 Å². The molecule has 2 heterocycles. The van der Waals surface area contributed by atoms with Gasteiger partial charge in [0.15, 0.2) is 0 Å². The molecule has 0 aromatic carbocycles. The molecule has 0 spiro atoms. The van der Waals surface area contributed by atoms with E-state index in [1.807, 2.05) is 0 Å². The van der Waals surface area contributed by atoms with Gasteiger partial charge in [-0.15, -0.1) is 0 Å². The summed E-state index contributed by atoms with van der Waals surface area (Å²) in [6.07, 6.45) is 2.39. The number of carbonyl (C=O) groups is 3. The first-order chi connectivity index (χ1) is 9.06. The summed E-state index contributed by atoms with van der Waals surface area (Å²) in [4.78, 5) is 35.5. The van der Waals surface area contributed by atoms with Gasteiger partial charge in [-0.3, -0.25) is 9.59 Å². The standard InChI is InChI=1S/C12H19N3O4/c16-10-4-3-9(6-13-10)14-12(19)15-5-1-2-8(7-15)11(17)18/h8-9H,1-7H2,(H,13,16)(H,14,19)(H,17,18). The second-order valence-corrected chi connectivity index (χ2v) is 5.11. The Kier molecular flexibility index (Phi) is 4.24. The largest absolute Gasteiger partial charge is 0.481 e. The molecule has 0 radical (unpaired) electrons. The van der Waals surface area contributed by atoms with E-state index in [1.54, 1.807) is 4.90 Å². The zero-order valence-corrected chi connectivity index (χ0v) is 10.7. The first-order valence-electron chi connectivity index (χ1n) is 6.61. The Hall–Kier alpha value is -1.79. The molecule has 2 saturated heterocycles. The van der Waals surface area contributed by atoms with Crippen LogP contribution in [0.1, 0.15) is 25.7 Å². The lowest BCUT2D eigenvalue weighted by Gasteiger charge is -2.33. The highest BCUT2D eigenvalue weighted by Crippen LogP contribution is 2.17. The van der Waals surface area contributed by atoms with Gasteiger partial charge < -0.3 is 20.6 Å². The molecule has 19 heavy (non-hydrogen) atoms. The summed E-state index contributed by atoms with van der Waals surface area (Å²) in [6.45, 7) is 1.30. The summed E-state index contributed by atoms with van der Waals surface area (Å²) in [5.74, 6) is -1.30. The number of nitrogens with one attached hydrogen (secondary N) is 2. The topological polar surface area (TPSA) is 98.7 Å². The van der Waals surface area contributed by atoms with E-state index in [0.29, 0.717) is 38.8 Å². The molecule has 2 aliphatic heterocycles. The minimum Gasteiger partial charge on any atom is -0.481 e. The van der Waals surface area contributed by atoms with Crippen molar-refractivity contribution in [2.24, 2.45) is 5.92 Å². The Labute approximate surface area is 111 Å². The highest BCUT2D eigenvalue weighted by molar-refractivity contribution is 5.79. The van der Waals surface area contributed by atoms with Crippen LogP contribution in [0.25, 0.3) is 0 Å². The second kappa shape index (κ2) is 5.90. The molecule has 0 aromatic heterocycles. The highest BCUT2D eigenvalue weighted by Gasteiger charge is 2.29. The molecule has 0 bridgehead atoms. The molecule has 2 aliphatic rings. The average molecular weight is 269 g/mol. The number of likely N-dealkylation sites (tertiary alicyclic amines) is 1. The fourth-order valence-electron chi connectivity index (χ4n) is 2.49. The number of urea groups is 1. The van der Waals surface area contributed by atoms with Gasteiger partial charge in [-0.25, -0.2) is 4.79 Å². The molecular formula is C12H19N3O4. The fourth-order valence-corrected chi connectivity index (χ4v) is 2.49. The first-order valence-corrected chi connectivity index (χ1v) is 6.61. The first kappa shape index (κ1) is 13.6. The Morgan fingerprint density at radius 3 is 2.79 bits per heavy atom. The molecule has 0 saturated carbocycles. The molecule has 2 unspecified atom stereocenters. The number of amides is 3. The van der Waals surface area contributed by atoms with Gasteiger partial charge in [0.25, 0.3) is 0 Å². The van der Waals surface area contributed by atoms with Crippen LogP contribution in [0.2, 0.25) is 0 Å². The Morgan fingerprint density at radius 1 is 1.37 bits per heavy atom. The maximum atomic E-state index is 12.0. The van der Waals surface area contributed by atoms with Crippen molar-refractivity contribution < 1.29 is 19.5 Å². The van der Waals surface area contributed by atoms with E-state index in [0.717, 1.165) is 0 Å². The molecule has 7 nitrogen and oxygen atoms in total. The van der Waals surface area contributed by atoms with Gasteiger partial charge in [0.2, 0.25) is 5.91 Å². The third-order valence-corrected chi connectivity index (χ3v) is 3.65. The Morgan fingerprint density at radius 2 is 2.16 bits per heavy atom. The van der Waals surface area contributed by atoms with Crippen LogP contribution in [0.5, 0.6) is 0 Å². The average Bonchev–Trinajstić information content (AvgIpc) is 2.41. The van der Waals surface area contributed by atoms with E-state index < -0.39 is 11.9 Å². The van der Waals surface area contributed by atoms with E-state index in [1.165, 1.54) is 0 Å². The summed E-state index contributed by atoms with van der Waals surface area (Å²) in [6, 6.07) is -0.289. The van der Waals surface area contributed by atoms with Gasteiger partial charge in [-0.05, 0) is 19.3 Å². The minimum atomic E-state index is -0.845. The molecule has 3 N–H and O–H groups in total. The van der Waals surface area contributed by atoms with Gasteiger partial charge in [-0.2, -0.15) is 0 Å². The van der Waals surface area contributed by atoms with E-state index in [9.17, 15) is 14.4 Å². The number of aliphatic carboxylic acids is 1. The predicted molar refractivity (Wildman–Crippen MR) is 66.5 cm³/mol. The van der Waals surface area contributed by atoms with Crippen LogP contribution in [-0.4, -0.2) is 53.6 Å². The summed E-state index contributed by atoms with van der Waals surface area (Å²) < 4.78 is 0. The molecule has 2 rings (SSSR count). The van der Waals surface area contributed by atoms with E-state index in [-0.39, 0.29) is 24.5 Å². The van der Waals surface area contributed by atoms with Crippen molar-refractivity contribution in [2.75, 3.05) is 19.6 Å². The Balaban J connectivity index is 1.82. The van der Waals surface area contributed by atoms with Gasteiger partial charge in [0, 0.05) is 32.1 Å². The number of hydrogen-bond acceptors (Lipinski definition) is 3. The predicted octanol–water partition coefficient (Wildman–Crippen LogP) is -0.229. The summed E-state index contributed by atoms with van der Waals surface area (Å²) in [5.41, 5.74) is 0. The second-order valence-electron chi connectivity index (χ2n) is 5.11. The smallest absolute Gasteiger partial charge is 0.317 e. The molecule has 0 aliphatic carbocycles. The monoisotopic (exact) mass is 269 g/mol. The van der Waals surface area contributed by atoms with Crippen LogP contribution in [0.15, 0.2) is 0 Å². The van der Waals surface area contributed by atoms with Gasteiger partial charge >= 0.3 is 12.0 Å². The summed E-state index contributed by atoms with van der Waals surface area (Å²) in [5, 5.41) is 14.5. The molecular weight excluding hydrogens is 250 g/mol. The normalized spacial score (nSPS) is 27.6. The van der Waals surface area contributed by atoms with Crippen LogP contribution in [-0.2, 0) is 9.59 Å². The van der Waals surface area contributed by atoms with E-state index in [4.69, 9.17) is 5.11 Å². The number of carboxylic acid groups (broad SMARTS) is 1. The summed E-state index contributed by atoms with van der Waals surface area (Å²) >= 11 is 0. The van der Waals surface area contributed by atoms with Crippen molar-refractivity contribution in [1.29, 1.82) is 0 Å². The van der Waals surface area contributed by atoms with Crippen molar-refractivity contribution in [3.05, 3.63) is 0 Å². The van der Waals surface area contributed by atoms with Crippen LogP contribution >= 0.6 is 0 Å². The minimum absolute atomic E-state index is 0.00872. The van der Waals surface area contributed by atoms with Gasteiger partial charge in [0.05, 0.1) is 5.92 Å². The highest BCUT2D eigenvalue weighted by atomic mass is 16.4. The third kappa shape index (κ3) is 3.59. The number of hydrogen-bond donors (Lipinski definition) is 3. The molecule has 7 heteroatoms. The van der Waals surface area contributed by atoms with Crippen LogP contribution in [0.4, 0.5) is 4.79 Å². The molecule has 2 fully saturated rings. The van der Waals surface area contributed by atoms with Crippen LogP contribution < -0.4 is 10.6 Å². The molecule has 2 atom stereocenters. The number of rotatable bonds is 2. The van der Waals surface area contributed by atoms with Crippen molar-refractivity contribution in [2.45, 2.75) is 31.7 Å². The van der Waals surface area contributed by atoms with Gasteiger partial charge in [0.1, 0.15) is 0 Å². The van der Waals surface area contributed by atoms with Gasteiger partial charge in [-0.1, -0.05) is 0 Å². The number of nitrogens with zero attached hydrogens (tertiary/aromatic N) is 1. The van der Waals surface area contributed by atoms with Crippen molar-refractivity contribution in [1.82, 2.24) is 15.5 Å². The maximum Gasteiger partial charge on any atom is 0.317 e. The zero-order valence-electron chi connectivity index (χ0n) is 10.7. The molecule has 0 aromatic rings. The SMILES string of the molecule is O=C1CCC(NC(=O)N2CCCC(C(=O)O)C2)CN1. The van der Waals surface area contributed by atoms with Crippen molar-refractivity contribution in [3.63, 3.8) is 0 Å². The quantitative estimate of drug-likeness (QED) is 0.645. The Bertz CT molecular complexity index is 375. The van der Waals surface area contributed by atoms with Crippen LogP contribution in [0, 0.1) is 5.92 Å². The number of piperidine rings is 2. The van der Waals surface area contributed by atoms with E-state index in [2.05, 4.69) is 10.6 Å². The lowest BCUT2D eigenvalue weighted by Crippen LogP contribution is -2.53. The summed E-state index contributed by atoms with van der Waals surface area (Å²) in [7, 11) is 0. The molecule has 3 amide bonds. The van der Waals surface area contributed by atoms with Crippen molar-refractivity contribution >= 4 is 17.9 Å². The lowest BCUT2D eigenvalue weighted by atomic mass is 9.98. The third-order valence-electron chi connectivity index (χ3n) is 3.65. The van der Waals surface area contributed by atoms with Crippen LogP contribution in [0.3, 0.4) is 0 Å². The number of carboxylic acids is 1. The molecule has 106 valence electrons. The lowest BCUT2D eigenvalue weighted by molar-refractivity contribution is -0.143. The van der Waals surface area contributed by atoms with Crippen molar-refractivity contribution in [3.8, 4) is 0 Å². The maximum absolute atomic E-state index is 12.0.